The minimum atomic E-state index is 0.143. The van der Waals surface area contributed by atoms with Crippen LogP contribution in [-0.2, 0) is 13.6 Å². The summed E-state index contributed by atoms with van der Waals surface area (Å²) >= 11 is 0. The summed E-state index contributed by atoms with van der Waals surface area (Å²) in [5.74, 6) is 1.03. The van der Waals surface area contributed by atoms with E-state index in [1.54, 1.807) is 6.26 Å². The quantitative estimate of drug-likeness (QED) is 0.734. The van der Waals surface area contributed by atoms with Crippen molar-refractivity contribution < 1.29 is 9.21 Å². The van der Waals surface area contributed by atoms with Gasteiger partial charge in [0.05, 0.1) is 19.4 Å². The highest BCUT2D eigenvalue weighted by molar-refractivity contribution is 5.97. The third-order valence-corrected chi connectivity index (χ3v) is 2.93. The lowest BCUT2D eigenvalue weighted by Gasteiger charge is -2.17. The highest BCUT2D eigenvalue weighted by Gasteiger charge is 2.13. The zero-order valence-corrected chi connectivity index (χ0v) is 10.8. The summed E-state index contributed by atoms with van der Waals surface area (Å²) in [5, 5.41) is 0. The molecule has 2 aromatic rings. The van der Waals surface area contributed by atoms with Gasteiger partial charge in [0.2, 0.25) is 0 Å². The molecule has 0 aliphatic carbocycles. The molecule has 2 heterocycles. The molecule has 2 rings (SSSR count). The fourth-order valence-electron chi connectivity index (χ4n) is 1.87. The van der Waals surface area contributed by atoms with E-state index in [0.29, 0.717) is 13.1 Å². The molecule has 0 amide bonds. The minimum absolute atomic E-state index is 0.143. The van der Waals surface area contributed by atoms with Crippen LogP contribution in [-0.4, -0.2) is 28.3 Å². The van der Waals surface area contributed by atoms with Gasteiger partial charge >= 0.3 is 0 Å². The van der Waals surface area contributed by atoms with Gasteiger partial charge in [-0.05, 0) is 24.7 Å². The number of Topliss-reactive ketones (excluding diaryl/α,β-unsaturated/α-hetero) is 1. The van der Waals surface area contributed by atoms with E-state index in [1.165, 1.54) is 0 Å². The van der Waals surface area contributed by atoms with Gasteiger partial charge in [-0.3, -0.25) is 9.69 Å². The lowest BCUT2D eigenvalue weighted by Crippen LogP contribution is -2.29. The maximum absolute atomic E-state index is 12.1. The summed E-state index contributed by atoms with van der Waals surface area (Å²) in [6.07, 6.45) is 5.39. The topological polar surface area (TPSA) is 38.4 Å². The Labute approximate surface area is 107 Å². The molecule has 0 atom stereocenters. The molecule has 18 heavy (non-hydrogen) atoms. The van der Waals surface area contributed by atoms with E-state index in [1.807, 2.05) is 49.1 Å². The van der Waals surface area contributed by atoms with Gasteiger partial charge in [0, 0.05) is 25.0 Å². The van der Waals surface area contributed by atoms with Crippen molar-refractivity contribution in [3.05, 3.63) is 48.2 Å². The van der Waals surface area contributed by atoms with Gasteiger partial charge in [-0.25, -0.2) is 0 Å². The van der Waals surface area contributed by atoms with Crippen LogP contribution in [0.3, 0.4) is 0 Å². The number of aryl methyl sites for hydroxylation is 1. The van der Waals surface area contributed by atoms with Gasteiger partial charge in [-0.15, -0.1) is 0 Å². The molecule has 0 unspecified atom stereocenters. The number of aromatic nitrogens is 1. The predicted octanol–water partition coefficient (Wildman–Crippen LogP) is 2.32. The number of nitrogens with zero attached hydrogens (tertiary/aromatic N) is 2. The van der Waals surface area contributed by atoms with Crippen molar-refractivity contribution >= 4 is 5.78 Å². The van der Waals surface area contributed by atoms with Crippen molar-refractivity contribution in [2.45, 2.75) is 13.5 Å². The molecule has 0 fully saturated rings. The molecule has 2 aromatic heterocycles. The van der Waals surface area contributed by atoms with E-state index in [4.69, 9.17) is 4.42 Å². The molecule has 4 heteroatoms. The van der Waals surface area contributed by atoms with E-state index in [2.05, 4.69) is 4.90 Å². The average Bonchev–Trinajstić information content (AvgIpc) is 2.99. The Kier molecular flexibility index (Phi) is 3.99. The second-order valence-corrected chi connectivity index (χ2v) is 4.37. The SMILES string of the molecule is CCN(CC(=O)c1ccn(C)c1)Cc1ccco1. The average molecular weight is 246 g/mol. The van der Waals surface area contributed by atoms with Crippen molar-refractivity contribution in [2.75, 3.05) is 13.1 Å². The monoisotopic (exact) mass is 246 g/mol. The molecule has 0 aromatic carbocycles. The third-order valence-electron chi connectivity index (χ3n) is 2.93. The Bertz CT molecular complexity index is 500. The van der Waals surface area contributed by atoms with Crippen molar-refractivity contribution in [2.24, 2.45) is 7.05 Å². The highest BCUT2D eigenvalue weighted by Crippen LogP contribution is 2.07. The van der Waals surface area contributed by atoms with Crippen LogP contribution in [0.1, 0.15) is 23.0 Å². The van der Waals surface area contributed by atoms with Crippen LogP contribution in [0.15, 0.2) is 41.3 Å². The van der Waals surface area contributed by atoms with Gasteiger partial charge in [0.25, 0.3) is 0 Å². The molecule has 0 aliphatic heterocycles. The summed E-state index contributed by atoms with van der Waals surface area (Å²) in [7, 11) is 1.91. The molecule has 96 valence electrons. The van der Waals surface area contributed by atoms with Crippen LogP contribution in [0.25, 0.3) is 0 Å². The van der Waals surface area contributed by atoms with Crippen LogP contribution >= 0.6 is 0 Å². The number of likely N-dealkylation sites (N-methyl/N-ethyl adjacent to an activating group) is 1. The molecular formula is C14H18N2O2. The van der Waals surface area contributed by atoms with E-state index in [9.17, 15) is 4.79 Å². The Morgan fingerprint density at radius 1 is 1.44 bits per heavy atom. The van der Waals surface area contributed by atoms with E-state index in [0.717, 1.165) is 17.9 Å². The van der Waals surface area contributed by atoms with Crippen molar-refractivity contribution in [3.63, 3.8) is 0 Å². The fraction of sp³-hybridized carbons (Fsp3) is 0.357. The summed E-state index contributed by atoms with van der Waals surface area (Å²) in [4.78, 5) is 14.1. The molecular weight excluding hydrogens is 228 g/mol. The smallest absolute Gasteiger partial charge is 0.178 e. The number of carbonyl (C=O) groups excluding carboxylic acids is 1. The van der Waals surface area contributed by atoms with Gasteiger partial charge in [-0.2, -0.15) is 0 Å². The molecule has 0 radical (unpaired) electrons. The molecule has 0 aliphatic rings. The van der Waals surface area contributed by atoms with Crippen LogP contribution in [0.4, 0.5) is 0 Å². The first-order valence-electron chi connectivity index (χ1n) is 6.09. The lowest BCUT2D eigenvalue weighted by atomic mass is 10.2. The first-order valence-corrected chi connectivity index (χ1v) is 6.09. The van der Waals surface area contributed by atoms with Gasteiger partial charge < -0.3 is 8.98 Å². The van der Waals surface area contributed by atoms with E-state index >= 15 is 0 Å². The molecule has 4 nitrogen and oxygen atoms in total. The Morgan fingerprint density at radius 2 is 2.28 bits per heavy atom. The summed E-state index contributed by atoms with van der Waals surface area (Å²) < 4.78 is 7.19. The number of hydrogen-bond donors (Lipinski definition) is 0. The van der Waals surface area contributed by atoms with Crippen LogP contribution in [0, 0.1) is 0 Å². The highest BCUT2D eigenvalue weighted by atomic mass is 16.3. The fourth-order valence-corrected chi connectivity index (χ4v) is 1.87. The third kappa shape index (κ3) is 3.11. The summed E-state index contributed by atoms with van der Waals surface area (Å²) in [6.45, 7) is 3.95. The molecule has 0 bridgehead atoms. The zero-order valence-electron chi connectivity index (χ0n) is 10.8. The van der Waals surface area contributed by atoms with Crippen molar-refractivity contribution in [1.29, 1.82) is 0 Å². The van der Waals surface area contributed by atoms with Gasteiger partial charge in [0.15, 0.2) is 5.78 Å². The summed E-state index contributed by atoms with van der Waals surface area (Å²) in [6, 6.07) is 5.64. The zero-order chi connectivity index (χ0) is 13.0. The van der Waals surface area contributed by atoms with E-state index in [-0.39, 0.29) is 5.78 Å². The van der Waals surface area contributed by atoms with Crippen molar-refractivity contribution in [1.82, 2.24) is 9.47 Å². The second-order valence-electron chi connectivity index (χ2n) is 4.37. The van der Waals surface area contributed by atoms with Crippen LogP contribution in [0.5, 0.6) is 0 Å². The van der Waals surface area contributed by atoms with Crippen LogP contribution in [0.2, 0.25) is 0 Å². The Hall–Kier alpha value is -1.81. The minimum Gasteiger partial charge on any atom is -0.468 e. The first-order chi connectivity index (χ1) is 8.69. The Balaban J connectivity index is 1.96. The number of rotatable bonds is 6. The largest absolute Gasteiger partial charge is 0.468 e. The second kappa shape index (κ2) is 5.69. The van der Waals surface area contributed by atoms with E-state index < -0.39 is 0 Å². The number of furan rings is 1. The standard InChI is InChI=1S/C14H18N2O2/c1-3-16(10-13-5-4-8-18-13)11-14(17)12-6-7-15(2)9-12/h4-9H,3,10-11H2,1-2H3. The molecule has 0 saturated carbocycles. The number of hydrogen-bond acceptors (Lipinski definition) is 3. The molecule has 0 spiro atoms. The molecule has 0 N–H and O–H groups in total. The predicted molar refractivity (Wildman–Crippen MR) is 69.4 cm³/mol. The first kappa shape index (κ1) is 12.6. The van der Waals surface area contributed by atoms with Gasteiger partial charge in [-0.1, -0.05) is 6.92 Å². The lowest BCUT2D eigenvalue weighted by molar-refractivity contribution is 0.0925. The number of ketones is 1. The van der Waals surface area contributed by atoms with Gasteiger partial charge in [0.1, 0.15) is 5.76 Å². The summed E-state index contributed by atoms with van der Waals surface area (Å²) in [5.41, 5.74) is 0.760. The molecule has 0 saturated heterocycles. The number of carbonyl (C=O) groups is 1. The normalized spacial score (nSPS) is 11.1. The maximum Gasteiger partial charge on any atom is 0.178 e. The van der Waals surface area contributed by atoms with Crippen molar-refractivity contribution in [3.8, 4) is 0 Å². The van der Waals surface area contributed by atoms with Crippen LogP contribution < -0.4 is 0 Å². The maximum atomic E-state index is 12.1. The Morgan fingerprint density at radius 3 is 2.83 bits per heavy atom.